The molecule has 2 aromatic carbocycles. The number of methoxy groups -OCH3 is 1. The predicted molar refractivity (Wildman–Crippen MR) is 124 cm³/mol. The topological polar surface area (TPSA) is 62.0 Å². The van der Waals surface area contributed by atoms with Crippen LogP contribution in [-0.2, 0) is 0 Å². The highest BCUT2D eigenvalue weighted by atomic mass is 35.5. The molecule has 0 unspecified atom stereocenters. The second-order valence-corrected chi connectivity index (χ2v) is 7.56. The van der Waals surface area contributed by atoms with E-state index in [-0.39, 0.29) is 0 Å². The lowest BCUT2D eigenvalue weighted by Gasteiger charge is -2.15. The van der Waals surface area contributed by atoms with Crippen molar-refractivity contribution in [2.45, 2.75) is 0 Å². The summed E-state index contributed by atoms with van der Waals surface area (Å²) in [5.41, 5.74) is 4.17. The molecule has 0 aliphatic heterocycles. The minimum atomic E-state index is 0.386. The van der Waals surface area contributed by atoms with Gasteiger partial charge in [-0.25, -0.2) is 4.98 Å². The van der Waals surface area contributed by atoms with Crippen LogP contribution in [0.15, 0.2) is 60.8 Å². The molecule has 0 aliphatic carbocycles. The standard InChI is InChI=1S/C21H16Cl2N4OS/c1-28-19-5-4-12(17-8-13-3-2-6-24-20(13)26-17)7-18(19)27-21(29)25-16-10-14(22)9-15(23)11-16/h2-11H,1H3,(H,24,26)(H2,25,27,29). The van der Waals surface area contributed by atoms with Gasteiger partial charge < -0.3 is 20.4 Å². The van der Waals surface area contributed by atoms with Gasteiger partial charge in [-0.15, -0.1) is 0 Å². The van der Waals surface area contributed by atoms with Crippen LogP contribution in [0.3, 0.4) is 0 Å². The number of ether oxygens (including phenoxy) is 1. The lowest BCUT2D eigenvalue weighted by molar-refractivity contribution is 0.417. The Hall–Kier alpha value is -2.80. The smallest absolute Gasteiger partial charge is 0.175 e. The maximum Gasteiger partial charge on any atom is 0.175 e. The van der Waals surface area contributed by atoms with Crippen LogP contribution in [0.5, 0.6) is 5.75 Å². The molecule has 5 nitrogen and oxygen atoms in total. The monoisotopic (exact) mass is 442 g/mol. The first-order chi connectivity index (χ1) is 14.0. The number of thiocarbonyl (C=S) groups is 1. The van der Waals surface area contributed by atoms with Gasteiger partial charge in [0.25, 0.3) is 0 Å². The van der Waals surface area contributed by atoms with Crippen LogP contribution in [0.1, 0.15) is 0 Å². The SMILES string of the molecule is COc1ccc(-c2cc3cccnc3[nH]2)cc1NC(=S)Nc1cc(Cl)cc(Cl)c1. The van der Waals surface area contributed by atoms with Gasteiger partial charge in [-0.1, -0.05) is 23.2 Å². The maximum atomic E-state index is 6.05. The maximum absolute atomic E-state index is 6.05. The molecule has 0 spiro atoms. The number of hydrogen-bond acceptors (Lipinski definition) is 3. The van der Waals surface area contributed by atoms with Crippen LogP contribution in [0.25, 0.3) is 22.3 Å². The third-order valence-corrected chi connectivity index (χ3v) is 4.91. The highest BCUT2D eigenvalue weighted by Gasteiger charge is 2.10. The summed E-state index contributed by atoms with van der Waals surface area (Å²) in [6.07, 6.45) is 1.76. The Bertz CT molecular complexity index is 1160. The number of nitrogens with zero attached hydrogens (tertiary/aromatic N) is 1. The largest absolute Gasteiger partial charge is 0.495 e. The molecule has 0 fully saturated rings. The van der Waals surface area contributed by atoms with Crippen LogP contribution in [0.2, 0.25) is 10.0 Å². The fourth-order valence-electron chi connectivity index (χ4n) is 3.00. The molecule has 3 N–H and O–H groups in total. The van der Waals surface area contributed by atoms with Crippen LogP contribution in [0.4, 0.5) is 11.4 Å². The van der Waals surface area contributed by atoms with Crippen molar-refractivity contribution in [2.75, 3.05) is 17.7 Å². The molecule has 0 atom stereocenters. The van der Waals surface area contributed by atoms with Crippen LogP contribution in [0, 0.1) is 0 Å². The molecule has 0 saturated carbocycles. The van der Waals surface area contributed by atoms with Gasteiger partial charge in [0.1, 0.15) is 11.4 Å². The average Bonchev–Trinajstić information content (AvgIpc) is 3.11. The minimum absolute atomic E-state index is 0.386. The van der Waals surface area contributed by atoms with E-state index >= 15 is 0 Å². The zero-order chi connectivity index (χ0) is 20.4. The number of rotatable bonds is 4. The lowest BCUT2D eigenvalue weighted by Crippen LogP contribution is -2.19. The van der Waals surface area contributed by atoms with Crippen LogP contribution in [-0.4, -0.2) is 22.2 Å². The van der Waals surface area contributed by atoms with Gasteiger partial charge in [-0.3, -0.25) is 0 Å². The molecule has 0 aliphatic rings. The van der Waals surface area contributed by atoms with E-state index < -0.39 is 0 Å². The Morgan fingerprint density at radius 3 is 2.55 bits per heavy atom. The minimum Gasteiger partial charge on any atom is -0.495 e. The van der Waals surface area contributed by atoms with Gasteiger partial charge in [0.05, 0.1) is 12.8 Å². The number of halogens is 2. The Labute approximate surface area is 183 Å². The number of anilines is 2. The van der Waals surface area contributed by atoms with Gasteiger partial charge in [0.15, 0.2) is 5.11 Å². The van der Waals surface area contributed by atoms with E-state index in [0.29, 0.717) is 26.6 Å². The van der Waals surface area contributed by atoms with Crippen molar-refractivity contribution in [3.8, 4) is 17.0 Å². The van der Waals surface area contributed by atoms with Crippen molar-refractivity contribution >= 4 is 62.9 Å². The third kappa shape index (κ3) is 4.45. The van der Waals surface area contributed by atoms with E-state index in [1.807, 2.05) is 30.3 Å². The second-order valence-electron chi connectivity index (χ2n) is 6.28. The molecule has 2 aromatic heterocycles. The summed E-state index contributed by atoms with van der Waals surface area (Å²) in [6.45, 7) is 0. The number of aromatic amines is 1. The van der Waals surface area contributed by atoms with Gasteiger partial charge >= 0.3 is 0 Å². The number of aromatic nitrogens is 2. The molecule has 29 heavy (non-hydrogen) atoms. The van der Waals surface area contributed by atoms with E-state index in [1.54, 1.807) is 31.5 Å². The molecule has 4 rings (SSSR count). The van der Waals surface area contributed by atoms with E-state index in [1.165, 1.54) is 0 Å². The number of pyridine rings is 1. The molecule has 8 heteroatoms. The Balaban J connectivity index is 1.60. The molecule has 4 aromatic rings. The summed E-state index contributed by atoms with van der Waals surface area (Å²) in [5.74, 6) is 0.663. The zero-order valence-corrected chi connectivity index (χ0v) is 17.6. The Morgan fingerprint density at radius 2 is 1.83 bits per heavy atom. The summed E-state index contributed by atoms with van der Waals surface area (Å²) >= 11 is 17.5. The number of nitrogens with one attached hydrogen (secondary N) is 3. The second kappa shape index (κ2) is 8.29. The van der Waals surface area contributed by atoms with Gasteiger partial charge in [-0.05, 0) is 66.8 Å². The quantitative estimate of drug-likeness (QED) is 0.321. The molecule has 0 radical (unpaired) electrons. The lowest BCUT2D eigenvalue weighted by atomic mass is 10.1. The number of H-pyrrole nitrogens is 1. The van der Waals surface area contributed by atoms with Crippen molar-refractivity contribution in [1.29, 1.82) is 0 Å². The van der Waals surface area contributed by atoms with E-state index in [4.69, 9.17) is 40.2 Å². The van der Waals surface area contributed by atoms with E-state index in [0.717, 1.165) is 28.0 Å². The summed E-state index contributed by atoms with van der Waals surface area (Å²) in [6, 6.07) is 16.9. The van der Waals surface area contributed by atoms with Crippen molar-refractivity contribution in [1.82, 2.24) is 9.97 Å². The first-order valence-electron chi connectivity index (χ1n) is 8.68. The number of fused-ring (bicyclic) bond motifs is 1. The Kier molecular flexibility index (Phi) is 5.58. The number of benzene rings is 2. The molecular formula is C21H16Cl2N4OS. The van der Waals surface area contributed by atoms with Gasteiger partial charge in [-0.2, -0.15) is 0 Å². The molecule has 2 heterocycles. The van der Waals surface area contributed by atoms with Crippen LogP contribution >= 0.6 is 35.4 Å². The van der Waals surface area contributed by atoms with Gasteiger partial charge in [0.2, 0.25) is 0 Å². The zero-order valence-electron chi connectivity index (χ0n) is 15.3. The molecule has 0 saturated heterocycles. The summed E-state index contributed by atoms with van der Waals surface area (Å²) in [5, 5.41) is 8.73. The van der Waals surface area contributed by atoms with E-state index in [9.17, 15) is 0 Å². The van der Waals surface area contributed by atoms with Crippen molar-refractivity contribution < 1.29 is 4.74 Å². The van der Waals surface area contributed by atoms with E-state index in [2.05, 4.69) is 26.7 Å². The molecule has 0 bridgehead atoms. The fourth-order valence-corrected chi connectivity index (χ4v) is 3.75. The summed E-state index contributed by atoms with van der Waals surface area (Å²) in [4.78, 5) is 7.67. The highest BCUT2D eigenvalue weighted by molar-refractivity contribution is 7.80. The third-order valence-electron chi connectivity index (χ3n) is 4.27. The molecular weight excluding hydrogens is 427 g/mol. The summed E-state index contributed by atoms with van der Waals surface area (Å²) in [7, 11) is 1.61. The van der Waals surface area contributed by atoms with Crippen molar-refractivity contribution in [3.63, 3.8) is 0 Å². The fraction of sp³-hybridized carbons (Fsp3) is 0.0476. The normalized spacial score (nSPS) is 10.7. The molecule has 0 amide bonds. The van der Waals surface area contributed by atoms with Gasteiger partial charge in [0, 0.05) is 38.6 Å². The first-order valence-corrected chi connectivity index (χ1v) is 9.84. The number of hydrogen-bond donors (Lipinski definition) is 3. The average molecular weight is 443 g/mol. The highest BCUT2D eigenvalue weighted by Crippen LogP contribution is 2.32. The first kappa shape index (κ1) is 19.5. The predicted octanol–water partition coefficient (Wildman–Crippen LogP) is 6.35. The van der Waals surface area contributed by atoms with Crippen molar-refractivity contribution in [3.05, 3.63) is 70.8 Å². The Morgan fingerprint density at radius 1 is 1.03 bits per heavy atom. The van der Waals surface area contributed by atoms with Crippen molar-refractivity contribution in [2.24, 2.45) is 0 Å². The summed E-state index contributed by atoms with van der Waals surface area (Å²) < 4.78 is 5.47. The van der Waals surface area contributed by atoms with Crippen LogP contribution < -0.4 is 15.4 Å². The molecule has 146 valence electrons.